The van der Waals surface area contributed by atoms with Gasteiger partial charge < -0.3 is 5.32 Å². The van der Waals surface area contributed by atoms with Crippen molar-refractivity contribution in [2.45, 2.75) is 32.0 Å². The number of allylic oxidation sites excluding steroid dienone is 1. The fourth-order valence-corrected chi connectivity index (χ4v) is 5.54. The molecular formula is C26H25N3O2S2. The molecule has 0 saturated heterocycles. The van der Waals surface area contributed by atoms with E-state index in [1.807, 2.05) is 61.5 Å². The van der Waals surface area contributed by atoms with Gasteiger partial charge in [-0.3, -0.25) is 14.2 Å². The molecule has 4 aromatic rings. The Morgan fingerprint density at radius 3 is 2.73 bits per heavy atom. The topological polar surface area (TPSA) is 64.0 Å². The quantitative estimate of drug-likeness (QED) is 0.195. The number of carbonyl (C=O) groups excluding carboxylic acids is 1. The van der Waals surface area contributed by atoms with Gasteiger partial charge in [-0.15, -0.1) is 17.9 Å². The molecule has 0 aliphatic carbocycles. The van der Waals surface area contributed by atoms with Crippen LogP contribution in [0.4, 0.5) is 5.69 Å². The number of amides is 1. The van der Waals surface area contributed by atoms with Gasteiger partial charge in [0.05, 0.1) is 11.1 Å². The van der Waals surface area contributed by atoms with Crippen molar-refractivity contribution in [3.05, 3.63) is 88.7 Å². The van der Waals surface area contributed by atoms with Crippen LogP contribution in [0.15, 0.2) is 77.2 Å². The first kappa shape index (κ1) is 23.0. The van der Waals surface area contributed by atoms with E-state index in [0.29, 0.717) is 21.9 Å². The molecule has 2 aromatic heterocycles. The van der Waals surface area contributed by atoms with Crippen LogP contribution >= 0.6 is 23.1 Å². The Kier molecular flexibility index (Phi) is 7.11. The van der Waals surface area contributed by atoms with Gasteiger partial charge in [0.2, 0.25) is 5.91 Å². The number of aromatic nitrogens is 2. The van der Waals surface area contributed by atoms with E-state index < -0.39 is 0 Å². The summed E-state index contributed by atoms with van der Waals surface area (Å²) in [6.45, 7) is 8.16. The molecular weight excluding hydrogens is 450 g/mol. The van der Waals surface area contributed by atoms with E-state index >= 15 is 0 Å². The number of hydrogen-bond donors (Lipinski definition) is 1. The van der Waals surface area contributed by atoms with Gasteiger partial charge in [0.25, 0.3) is 5.56 Å². The lowest BCUT2D eigenvalue weighted by atomic mass is 10.1. The average Bonchev–Trinajstić information content (AvgIpc) is 3.26. The number of hydrogen-bond acceptors (Lipinski definition) is 5. The Balaban J connectivity index is 1.61. The maximum atomic E-state index is 13.2. The number of carbonyl (C=O) groups is 1. The number of para-hydroxylation sites is 1. The molecule has 0 atom stereocenters. The van der Waals surface area contributed by atoms with Crippen molar-refractivity contribution in [3.8, 4) is 10.4 Å². The molecule has 2 aromatic carbocycles. The minimum Gasteiger partial charge on any atom is -0.325 e. The number of anilines is 1. The fraction of sp³-hybridized carbons (Fsp3) is 0.192. The second-order valence-electron chi connectivity index (χ2n) is 7.59. The molecule has 1 N–H and O–H groups in total. The lowest BCUT2D eigenvalue weighted by molar-refractivity contribution is -0.113. The van der Waals surface area contributed by atoms with Gasteiger partial charge in [0, 0.05) is 17.1 Å². The second-order valence-corrected chi connectivity index (χ2v) is 9.57. The molecule has 0 aliphatic rings. The number of rotatable bonds is 8. The highest BCUT2D eigenvalue weighted by molar-refractivity contribution is 7.99. The van der Waals surface area contributed by atoms with Crippen LogP contribution < -0.4 is 10.9 Å². The number of thiophene rings is 1. The summed E-state index contributed by atoms with van der Waals surface area (Å²) in [5.74, 6) is 0.0309. The van der Waals surface area contributed by atoms with Gasteiger partial charge in [-0.2, -0.15) is 0 Å². The van der Waals surface area contributed by atoms with E-state index in [1.165, 1.54) is 23.1 Å². The van der Waals surface area contributed by atoms with E-state index in [2.05, 4.69) is 18.8 Å². The van der Waals surface area contributed by atoms with Crippen LogP contribution in [-0.4, -0.2) is 21.2 Å². The summed E-state index contributed by atoms with van der Waals surface area (Å²) in [6, 6.07) is 17.8. The van der Waals surface area contributed by atoms with Crippen molar-refractivity contribution in [2.24, 2.45) is 0 Å². The number of aryl methyl sites for hydroxylation is 2. The summed E-state index contributed by atoms with van der Waals surface area (Å²) in [5, 5.41) is 4.14. The molecule has 5 nitrogen and oxygen atoms in total. The Bertz CT molecular complexity index is 1370. The predicted molar refractivity (Wildman–Crippen MR) is 139 cm³/mol. The van der Waals surface area contributed by atoms with Gasteiger partial charge >= 0.3 is 0 Å². The zero-order valence-corrected chi connectivity index (χ0v) is 20.3. The number of benzene rings is 2. The van der Waals surface area contributed by atoms with Crippen molar-refractivity contribution in [2.75, 3.05) is 11.1 Å². The minimum atomic E-state index is -0.125. The molecule has 33 heavy (non-hydrogen) atoms. The summed E-state index contributed by atoms with van der Waals surface area (Å²) in [5.41, 5.74) is 3.93. The molecule has 168 valence electrons. The molecule has 0 aliphatic heterocycles. The Morgan fingerprint density at radius 2 is 2.00 bits per heavy atom. The number of fused-ring (bicyclic) bond motifs is 1. The monoisotopic (exact) mass is 475 g/mol. The van der Waals surface area contributed by atoms with Crippen LogP contribution in [0.25, 0.3) is 20.7 Å². The second kappa shape index (κ2) is 10.2. The van der Waals surface area contributed by atoms with Crippen LogP contribution in [-0.2, 0) is 17.8 Å². The SMILES string of the molecule is C=CCn1c(SCC(=O)Nc2c(C)cccc2CC)nc2sc(-c3ccccc3)cc2c1=O. The van der Waals surface area contributed by atoms with E-state index in [4.69, 9.17) is 4.98 Å². The molecule has 4 rings (SSSR count). The van der Waals surface area contributed by atoms with Crippen LogP contribution in [0, 0.1) is 6.92 Å². The van der Waals surface area contributed by atoms with Crippen molar-refractivity contribution < 1.29 is 4.79 Å². The number of nitrogens with zero attached hydrogens (tertiary/aromatic N) is 2. The standard InChI is InChI=1S/C26H25N3O2S2/c1-4-14-29-25(31)20-15-21(19-11-7-6-8-12-19)33-24(20)28-26(29)32-16-22(30)27-23-17(3)10-9-13-18(23)5-2/h4,6-13,15H,1,5,14,16H2,2-3H3,(H,27,30). The maximum Gasteiger partial charge on any atom is 0.263 e. The first-order valence-corrected chi connectivity index (χ1v) is 12.5. The highest BCUT2D eigenvalue weighted by atomic mass is 32.2. The Morgan fingerprint density at radius 1 is 1.21 bits per heavy atom. The zero-order valence-electron chi connectivity index (χ0n) is 18.6. The van der Waals surface area contributed by atoms with E-state index in [1.54, 1.807) is 10.6 Å². The first-order chi connectivity index (χ1) is 16.0. The molecule has 0 unspecified atom stereocenters. The van der Waals surface area contributed by atoms with Gasteiger partial charge in [0.15, 0.2) is 5.16 Å². The lowest BCUT2D eigenvalue weighted by Gasteiger charge is -2.13. The molecule has 0 fully saturated rings. The molecule has 0 radical (unpaired) electrons. The third kappa shape index (κ3) is 4.94. The minimum absolute atomic E-state index is 0.117. The number of nitrogens with one attached hydrogen (secondary N) is 1. The molecule has 7 heteroatoms. The third-order valence-electron chi connectivity index (χ3n) is 5.32. The van der Waals surface area contributed by atoms with E-state index in [-0.39, 0.29) is 17.2 Å². The van der Waals surface area contributed by atoms with Crippen molar-refractivity contribution in [1.82, 2.24) is 9.55 Å². The highest BCUT2D eigenvalue weighted by Gasteiger charge is 2.16. The third-order valence-corrected chi connectivity index (χ3v) is 7.38. The lowest BCUT2D eigenvalue weighted by Crippen LogP contribution is -2.23. The normalized spacial score (nSPS) is 11.0. The maximum absolute atomic E-state index is 13.2. The molecule has 0 saturated carbocycles. The van der Waals surface area contributed by atoms with Gasteiger partial charge in [-0.1, -0.05) is 73.3 Å². The summed E-state index contributed by atoms with van der Waals surface area (Å²) in [6.07, 6.45) is 2.51. The van der Waals surface area contributed by atoms with E-state index in [0.717, 1.165) is 33.7 Å². The molecule has 1 amide bonds. The smallest absolute Gasteiger partial charge is 0.263 e. The summed E-state index contributed by atoms with van der Waals surface area (Å²) in [7, 11) is 0. The zero-order chi connectivity index (χ0) is 23.4. The highest BCUT2D eigenvalue weighted by Crippen LogP contribution is 2.32. The molecule has 2 heterocycles. The van der Waals surface area contributed by atoms with Crippen LogP contribution in [0.5, 0.6) is 0 Å². The largest absolute Gasteiger partial charge is 0.325 e. The fourth-order valence-electron chi connectivity index (χ4n) is 3.65. The Labute approximate surface area is 201 Å². The van der Waals surface area contributed by atoms with Crippen molar-refractivity contribution in [1.29, 1.82) is 0 Å². The average molecular weight is 476 g/mol. The predicted octanol–water partition coefficient (Wildman–Crippen LogP) is 5.91. The van der Waals surface area contributed by atoms with Crippen LogP contribution in [0.1, 0.15) is 18.1 Å². The summed E-state index contributed by atoms with van der Waals surface area (Å²) < 4.78 is 1.58. The van der Waals surface area contributed by atoms with Crippen molar-refractivity contribution in [3.63, 3.8) is 0 Å². The summed E-state index contributed by atoms with van der Waals surface area (Å²) in [4.78, 5) is 32.4. The van der Waals surface area contributed by atoms with Crippen LogP contribution in [0.2, 0.25) is 0 Å². The first-order valence-electron chi connectivity index (χ1n) is 10.7. The van der Waals surface area contributed by atoms with E-state index in [9.17, 15) is 9.59 Å². The summed E-state index contributed by atoms with van der Waals surface area (Å²) >= 11 is 2.75. The Hall–Kier alpha value is -3.16. The van der Waals surface area contributed by atoms with Crippen LogP contribution in [0.3, 0.4) is 0 Å². The van der Waals surface area contributed by atoms with Gasteiger partial charge in [0.1, 0.15) is 4.83 Å². The van der Waals surface area contributed by atoms with Crippen molar-refractivity contribution >= 4 is 44.9 Å². The molecule has 0 spiro atoms. The van der Waals surface area contributed by atoms with Gasteiger partial charge in [-0.25, -0.2) is 4.98 Å². The number of thioether (sulfide) groups is 1. The van der Waals surface area contributed by atoms with Gasteiger partial charge in [-0.05, 0) is 36.1 Å². The molecule has 0 bridgehead atoms.